The van der Waals surface area contributed by atoms with E-state index in [0.717, 1.165) is 25.7 Å². The van der Waals surface area contributed by atoms with Crippen LogP contribution in [0.25, 0.3) is 0 Å². The zero-order chi connectivity index (χ0) is 12.4. The highest BCUT2D eigenvalue weighted by molar-refractivity contribution is 6.00. The summed E-state index contributed by atoms with van der Waals surface area (Å²) in [6, 6.07) is 0. The first-order valence-electron chi connectivity index (χ1n) is 7.21. The van der Waals surface area contributed by atoms with Gasteiger partial charge in [-0.3, -0.25) is 4.79 Å². The summed E-state index contributed by atoms with van der Waals surface area (Å²) >= 11 is 0. The number of rotatable bonds is 1. The maximum absolute atomic E-state index is 12.1. The van der Waals surface area contributed by atoms with Crippen LogP contribution in [-0.2, 0) is 14.3 Å². The Morgan fingerprint density at radius 3 is 2.78 bits per heavy atom. The van der Waals surface area contributed by atoms with E-state index in [0.29, 0.717) is 24.9 Å². The van der Waals surface area contributed by atoms with Crippen molar-refractivity contribution in [1.29, 1.82) is 0 Å². The van der Waals surface area contributed by atoms with Crippen molar-refractivity contribution in [3.8, 4) is 0 Å². The number of ketones is 1. The van der Waals surface area contributed by atoms with E-state index in [4.69, 9.17) is 9.47 Å². The van der Waals surface area contributed by atoms with Crippen molar-refractivity contribution in [2.45, 2.75) is 51.2 Å². The lowest BCUT2D eigenvalue weighted by Gasteiger charge is -2.46. The molecule has 3 nitrogen and oxygen atoms in total. The maximum atomic E-state index is 12.1. The Labute approximate surface area is 108 Å². The molecule has 3 heteroatoms. The number of carbonyl (C=O) groups excluding carboxylic acids is 1. The largest absolute Gasteiger partial charge is 0.347 e. The highest BCUT2D eigenvalue weighted by atomic mass is 16.7. The van der Waals surface area contributed by atoms with Gasteiger partial charge in [-0.1, -0.05) is 12.0 Å². The van der Waals surface area contributed by atoms with Gasteiger partial charge in [-0.15, -0.1) is 0 Å². The summed E-state index contributed by atoms with van der Waals surface area (Å²) in [7, 11) is 0. The molecule has 0 radical (unpaired) electrons. The number of Topliss-reactive ketones (excluding diaryl/α,β-unsaturated/α-hetero) is 1. The Kier molecular flexibility index (Phi) is 2.15. The van der Waals surface area contributed by atoms with Crippen LogP contribution in [0.15, 0.2) is 11.1 Å². The molecule has 18 heavy (non-hydrogen) atoms. The van der Waals surface area contributed by atoms with E-state index in [1.54, 1.807) is 0 Å². The van der Waals surface area contributed by atoms with E-state index >= 15 is 0 Å². The van der Waals surface area contributed by atoms with Gasteiger partial charge in [0.05, 0.1) is 13.2 Å². The van der Waals surface area contributed by atoms with Crippen LogP contribution in [0.3, 0.4) is 0 Å². The normalized spacial score (nSPS) is 41.6. The van der Waals surface area contributed by atoms with Crippen molar-refractivity contribution in [2.75, 3.05) is 13.2 Å². The van der Waals surface area contributed by atoms with E-state index in [-0.39, 0.29) is 5.41 Å². The molecule has 2 bridgehead atoms. The summed E-state index contributed by atoms with van der Waals surface area (Å²) < 4.78 is 12.0. The van der Waals surface area contributed by atoms with Crippen molar-refractivity contribution in [2.24, 2.45) is 11.3 Å². The second kappa shape index (κ2) is 3.45. The maximum Gasteiger partial charge on any atom is 0.174 e. The summed E-state index contributed by atoms with van der Waals surface area (Å²) in [4.78, 5) is 12.1. The van der Waals surface area contributed by atoms with Gasteiger partial charge in [0.2, 0.25) is 0 Å². The third kappa shape index (κ3) is 1.15. The minimum Gasteiger partial charge on any atom is -0.347 e. The van der Waals surface area contributed by atoms with Crippen LogP contribution in [0, 0.1) is 11.3 Å². The van der Waals surface area contributed by atoms with E-state index in [9.17, 15) is 4.79 Å². The molecular weight excluding hydrogens is 228 g/mol. The number of carbonyl (C=O) groups is 1. The summed E-state index contributed by atoms with van der Waals surface area (Å²) in [5.41, 5.74) is 2.58. The van der Waals surface area contributed by atoms with Gasteiger partial charge < -0.3 is 9.47 Å². The quantitative estimate of drug-likeness (QED) is 0.715. The van der Waals surface area contributed by atoms with Crippen molar-refractivity contribution >= 4 is 5.78 Å². The minimum absolute atomic E-state index is 0.00785. The fourth-order valence-electron chi connectivity index (χ4n) is 4.92. The Morgan fingerprint density at radius 2 is 2.00 bits per heavy atom. The average Bonchev–Trinajstić information content (AvgIpc) is 3.01. The lowest BCUT2D eigenvalue weighted by atomic mass is 9.65. The fourth-order valence-corrected chi connectivity index (χ4v) is 4.92. The Bertz CT molecular complexity index is 445. The zero-order valence-electron chi connectivity index (χ0n) is 11.0. The average molecular weight is 248 g/mol. The van der Waals surface area contributed by atoms with Crippen molar-refractivity contribution < 1.29 is 14.3 Å². The number of ether oxygens (including phenoxy) is 2. The van der Waals surface area contributed by atoms with Crippen molar-refractivity contribution in [3.63, 3.8) is 0 Å². The smallest absolute Gasteiger partial charge is 0.174 e. The molecule has 0 spiro atoms. The Hall–Kier alpha value is -0.670. The van der Waals surface area contributed by atoms with E-state index < -0.39 is 5.79 Å². The molecule has 0 amide bonds. The Balaban J connectivity index is 1.84. The van der Waals surface area contributed by atoms with Crippen LogP contribution >= 0.6 is 0 Å². The Morgan fingerprint density at radius 1 is 1.22 bits per heavy atom. The molecule has 0 unspecified atom stereocenters. The van der Waals surface area contributed by atoms with Crippen LogP contribution in [0.4, 0.5) is 0 Å². The van der Waals surface area contributed by atoms with Gasteiger partial charge in [0.25, 0.3) is 0 Å². The SMILES string of the molecule is CC1([C@@]23CCC[C@@H](C2)C2=C3CCC2=O)OCCO1. The van der Waals surface area contributed by atoms with Crippen LogP contribution in [0.2, 0.25) is 0 Å². The summed E-state index contributed by atoms with van der Waals surface area (Å²) in [5.74, 6) is 0.418. The van der Waals surface area contributed by atoms with Gasteiger partial charge in [-0.2, -0.15) is 0 Å². The van der Waals surface area contributed by atoms with E-state index in [1.807, 2.05) is 0 Å². The molecule has 1 saturated heterocycles. The third-order valence-electron chi connectivity index (χ3n) is 5.67. The molecule has 4 aliphatic rings. The predicted molar refractivity (Wildman–Crippen MR) is 66.0 cm³/mol. The van der Waals surface area contributed by atoms with Crippen molar-refractivity contribution in [1.82, 2.24) is 0 Å². The van der Waals surface area contributed by atoms with Gasteiger partial charge in [-0.25, -0.2) is 0 Å². The molecular formula is C15H20O3. The molecule has 2 atom stereocenters. The number of fused-ring (bicyclic) bond motifs is 4. The van der Waals surface area contributed by atoms with Crippen LogP contribution in [-0.4, -0.2) is 24.8 Å². The molecule has 0 aromatic rings. The third-order valence-corrected chi connectivity index (χ3v) is 5.67. The first kappa shape index (κ1) is 11.2. The lowest BCUT2D eigenvalue weighted by Crippen LogP contribution is -2.48. The number of hydrogen-bond donors (Lipinski definition) is 0. The molecule has 1 aliphatic heterocycles. The molecule has 2 fully saturated rings. The van der Waals surface area contributed by atoms with Gasteiger partial charge in [0.15, 0.2) is 11.6 Å². The summed E-state index contributed by atoms with van der Waals surface area (Å²) in [6.07, 6.45) is 6.27. The molecule has 0 aromatic heterocycles. The molecule has 3 aliphatic carbocycles. The zero-order valence-corrected chi connectivity index (χ0v) is 11.0. The van der Waals surface area contributed by atoms with Gasteiger partial charge >= 0.3 is 0 Å². The molecule has 0 N–H and O–H groups in total. The number of allylic oxidation sites excluding steroid dienone is 1. The van der Waals surface area contributed by atoms with E-state index in [1.165, 1.54) is 24.0 Å². The molecule has 1 heterocycles. The van der Waals surface area contributed by atoms with Gasteiger partial charge in [0, 0.05) is 11.8 Å². The van der Waals surface area contributed by atoms with Gasteiger partial charge in [0.1, 0.15) is 0 Å². The first-order valence-corrected chi connectivity index (χ1v) is 7.21. The minimum atomic E-state index is -0.479. The van der Waals surface area contributed by atoms with Crippen LogP contribution in [0.5, 0.6) is 0 Å². The fraction of sp³-hybridized carbons (Fsp3) is 0.800. The van der Waals surface area contributed by atoms with Gasteiger partial charge in [-0.05, 0) is 44.1 Å². The number of hydrogen-bond acceptors (Lipinski definition) is 3. The molecule has 4 rings (SSSR count). The first-order chi connectivity index (χ1) is 8.66. The predicted octanol–water partition coefficient (Wildman–Crippen LogP) is 2.60. The van der Waals surface area contributed by atoms with E-state index in [2.05, 4.69) is 6.92 Å². The topological polar surface area (TPSA) is 35.5 Å². The highest BCUT2D eigenvalue weighted by Crippen LogP contribution is 2.64. The second-order valence-electron chi connectivity index (χ2n) is 6.33. The molecule has 98 valence electrons. The monoisotopic (exact) mass is 248 g/mol. The standard InChI is InChI=1S/C15H20O3/c1-14(17-7-8-18-14)15-6-2-3-10(9-15)13-11(15)4-5-12(13)16/h10H,2-9H2,1H3/t10-,15-/m0/s1. The highest BCUT2D eigenvalue weighted by Gasteiger charge is 2.62. The summed E-state index contributed by atoms with van der Waals surface area (Å²) in [6.45, 7) is 3.49. The summed E-state index contributed by atoms with van der Waals surface area (Å²) in [5, 5.41) is 0. The molecule has 1 saturated carbocycles. The van der Waals surface area contributed by atoms with Crippen LogP contribution in [0.1, 0.15) is 45.4 Å². The van der Waals surface area contributed by atoms with Crippen molar-refractivity contribution in [3.05, 3.63) is 11.1 Å². The molecule has 0 aromatic carbocycles. The lowest BCUT2D eigenvalue weighted by molar-refractivity contribution is -0.221. The second-order valence-corrected chi connectivity index (χ2v) is 6.33. The van der Waals surface area contributed by atoms with Crippen LogP contribution < -0.4 is 0 Å².